The van der Waals surface area contributed by atoms with Crippen molar-refractivity contribution in [3.8, 4) is 5.88 Å². The van der Waals surface area contributed by atoms with Crippen LogP contribution in [0.5, 0.6) is 5.88 Å². The van der Waals surface area contributed by atoms with Gasteiger partial charge < -0.3 is 14.4 Å². The third-order valence-corrected chi connectivity index (χ3v) is 7.29. The molecule has 0 saturated carbocycles. The largest absolute Gasteiger partial charge is 0.481 e. The highest BCUT2D eigenvalue weighted by atomic mass is 32.2. The lowest BCUT2D eigenvalue weighted by Crippen LogP contribution is -2.46. The number of sulfonamides is 1. The van der Waals surface area contributed by atoms with E-state index >= 15 is 0 Å². The minimum atomic E-state index is -3.81. The van der Waals surface area contributed by atoms with Gasteiger partial charge in [0.15, 0.2) is 0 Å². The van der Waals surface area contributed by atoms with E-state index < -0.39 is 21.7 Å². The maximum absolute atomic E-state index is 13.8. The Bertz CT molecular complexity index is 1050. The summed E-state index contributed by atoms with van der Waals surface area (Å²) in [6.07, 6.45) is 2.24. The van der Waals surface area contributed by atoms with Crippen molar-refractivity contribution in [2.45, 2.75) is 57.1 Å². The molecule has 0 aliphatic carbocycles. The fourth-order valence-electron chi connectivity index (χ4n) is 3.84. The van der Waals surface area contributed by atoms with Crippen molar-refractivity contribution in [2.75, 3.05) is 26.7 Å². The van der Waals surface area contributed by atoms with E-state index in [4.69, 9.17) is 9.47 Å². The van der Waals surface area contributed by atoms with Gasteiger partial charge in [0.25, 0.3) is 0 Å². The van der Waals surface area contributed by atoms with Gasteiger partial charge in [-0.15, -0.1) is 0 Å². The first-order chi connectivity index (χ1) is 14.6. The van der Waals surface area contributed by atoms with Gasteiger partial charge in [0.1, 0.15) is 5.60 Å². The summed E-state index contributed by atoms with van der Waals surface area (Å²) < 4.78 is 39.9. The van der Waals surface area contributed by atoms with Crippen molar-refractivity contribution < 1.29 is 22.7 Å². The standard InChI is InChI=1S/C22H31N3O5S/c1-6-16-15-24(21(26)30-22(2,3)4)13-8-14-25(16)31(27,28)19-10-7-9-18-17(19)11-12-23-20(18)29-5/h7,9-12,16H,6,8,13-15H2,1-5H3/t16-/m1/s1. The van der Waals surface area contributed by atoms with Crippen LogP contribution in [0.3, 0.4) is 0 Å². The molecule has 1 aliphatic heterocycles. The van der Waals surface area contributed by atoms with Gasteiger partial charge >= 0.3 is 6.09 Å². The fraction of sp³-hybridized carbons (Fsp3) is 0.545. The van der Waals surface area contributed by atoms with E-state index in [0.717, 1.165) is 0 Å². The van der Waals surface area contributed by atoms with Crippen molar-refractivity contribution >= 4 is 26.9 Å². The molecule has 2 aromatic rings. The Kier molecular flexibility index (Phi) is 6.76. The van der Waals surface area contributed by atoms with Crippen LogP contribution >= 0.6 is 0 Å². The predicted octanol–water partition coefficient (Wildman–Crippen LogP) is 3.65. The molecule has 1 aliphatic rings. The lowest BCUT2D eigenvalue weighted by molar-refractivity contribution is 0.0240. The molecule has 1 atom stereocenters. The molecule has 0 radical (unpaired) electrons. The lowest BCUT2D eigenvalue weighted by atomic mass is 10.2. The van der Waals surface area contributed by atoms with E-state index in [9.17, 15) is 13.2 Å². The van der Waals surface area contributed by atoms with Gasteiger partial charge in [-0.1, -0.05) is 13.0 Å². The third kappa shape index (κ3) is 4.93. The molecule has 0 N–H and O–H groups in total. The highest BCUT2D eigenvalue weighted by Gasteiger charge is 2.36. The SMILES string of the molecule is CC[C@@H]1CN(C(=O)OC(C)(C)C)CCCN1S(=O)(=O)c1cccc2c(OC)nccc12. The molecule has 8 nitrogen and oxygen atoms in total. The molecule has 2 heterocycles. The molecular weight excluding hydrogens is 418 g/mol. The molecule has 9 heteroatoms. The van der Waals surface area contributed by atoms with Gasteiger partial charge in [0, 0.05) is 42.6 Å². The average Bonchev–Trinajstić information content (AvgIpc) is 2.94. The number of aromatic nitrogens is 1. The number of carbonyl (C=O) groups excluding carboxylic acids is 1. The fourth-order valence-corrected chi connectivity index (χ4v) is 5.78. The van der Waals surface area contributed by atoms with E-state index in [1.54, 1.807) is 35.4 Å². The predicted molar refractivity (Wildman–Crippen MR) is 119 cm³/mol. The van der Waals surface area contributed by atoms with E-state index in [-0.39, 0.29) is 10.9 Å². The molecular formula is C22H31N3O5S. The summed E-state index contributed by atoms with van der Waals surface area (Å²) in [5.74, 6) is 0.383. The molecule has 1 amide bonds. The number of amides is 1. The number of benzene rings is 1. The number of hydrogen-bond acceptors (Lipinski definition) is 6. The van der Waals surface area contributed by atoms with E-state index in [1.807, 2.05) is 27.7 Å². The molecule has 1 aromatic carbocycles. The quantitative estimate of drug-likeness (QED) is 0.708. The van der Waals surface area contributed by atoms with Crippen LogP contribution in [0, 0.1) is 0 Å². The second kappa shape index (κ2) is 9.00. The van der Waals surface area contributed by atoms with Crippen LogP contribution < -0.4 is 4.74 Å². The Labute approximate surface area is 184 Å². The van der Waals surface area contributed by atoms with Gasteiger partial charge in [0.2, 0.25) is 15.9 Å². The Morgan fingerprint density at radius 2 is 1.94 bits per heavy atom. The van der Waals surface area contributed by atoms with E-state index in [0.29, 0.717) is 49.1 Å². The summed E-state index contributed by atoms with van der Waals surface area (Å²) in [7, 11) is -2.30. The molecule has 170 valence electrons. The summed E-state index contributed by atoms with van der Waals surface area (Å²) in [4.78, 5) is 18.6. The molecule has 1 aromatic heterocycles. The molecule has 3 rings (SSSR count). The minimum absolute atomic E-state index is 0.217. The zero-order valence-electron chi connectivity index (χ0n) is 18.8. The van der Waals surface area contributed by atoms with Crippen molar-refractivity contribution in [1.29, 1.82) is 0 Å². The van der Waals surface area contributed by atoms with Crippen LogP contribution in [0.25, 0.3) is 10.8 Å². The summed E-state index contributed by atoms with van der Waals surface area (Å²) in [6, 6.07) is 6.45. The second-order valence-corrected chi connectivity index (χ2v) is 10.5. The van der Waals surface area contributed by atoms with Gasteiger partial charge in [-0.25, -0.2) is 18.2 Å². The Morgan fingerprint density at radius 3 is 2.58 bits per heavy atom. The molecule has 0 spiro atoms. The Morgan fingerprint density at radius 1 is 1.19 bits per heavy atom. The Hall–Kier alpha value is -2.39. The monoisotopic (exact) mass is 449 g/mol. The number of methoxy groups -OCH3 is 1. The lowest BCUT2D eigenvalue weighted by Gasteiger charge is -2.31. The van der Waals surface area contributed by atoms with Gasteiger partial charge in [-0.05, 0) is 51.8 Å². The number of carbonyl (C=O) groups is 1. The molecule has 1 saturated heterocycles. The zero-order valence-corrected chi connectivity index (χ0v) is 19.6. The molecule has 31 heavy (non-hydrogen) atoms. The number of rotatable bonds is 4. The second-order valence-electron chi connectivity index (χ2n) is 8.63. The van der Waals surface area contributed by atoms with Gasteiger partial charge in [0.05, 0.1) is 12.0 Å². The van der Waals surface area contributed by atoms with Crippen LogP contribution in [-0.4, -0.2) is 67.1 Å². The third-order valence-electron chi connectivity index (χ3n) is 5.28. The summed E-state index contributed by atoms with van der Waals surface area (Å²) in [5.41, 5.74) is -0.604. The zero-order chi connectivity index (χ0) is 22.8. The number of nitrogens with zero attached hydrogens (tertiary/aromatic N) is 3. The number of fused-ring (bicyclic) bond motifs is 1. The van der Waals surface area contributed by atoms with E-state index in [1.165, 1.54) is 11.4 Å². The number of ether oxygens (including phenoxy) is 2. The highest BCUT2D eigenvalue weighted by Crippen LogP contribution is 2.32. The number of pyridine rings is 1. The Balaban J connectivity index is 1.96. The molecule has 1 fully saturated rings. The summed E-state index contributed by atoms with van der Waals surface area (Å²) in [6.45, 7) is 8.47. The number of hydrogen-bond donors (Lipinski definition) is 0. The molecule has 0 bridgehead atoms. The first-order valence-electron chi connectivity index (χ1n) is 10.5. The highest BCUT2D eigenvalue weighted by molar-refractivity contribution is 7.89. The van der Waals surface area contributed by atoms with Crippen LogP contribution in [0.15, 0.2) is 35.4 Å². The van der Waals surface area contributed by atoms with Crippen molar-refractivity contribution in [3.05, 3.63) is 30.5 Å². The maximum Gasteiger partial charge on any atom is 0.410 e. The topological polar surface area (TPSA) is 89.0 Å². The summed E-state index contributed by atoms with van der Waals surface area (Å²) in [5, 5.41) is 1.21. The van der Waals surface area contributed by atoms with Crippen LogP contribution in [0.1, 0.15) is 40.5 Å². The summed E-state index contributed by atoms with van der Waals surface area (Å²) >= 11 is 0. The average molecular weight is 450 g/mol. The van der Waals surface area contributed by atoms with Crippen molar-refractivity contribution in [3.63, 3.8) is 0 Å². The van der Waals surface area contributed by atoms with Crippen LogP contribution in [0.4, 0.5) is 4.79 Å². The van der Waals surface area contributed by atoms with Crippen LogP contribution in [0.2, 0.25) is 0 Å². The van der Waals surface area contributed by atoms with E-state index in [2.05, 4.69) is 4.98 Å². The minimum Gasteiger partial charge on any atom is -0.481 e. The van der Waals surface area contributed by atoms with Gasteiger partial charge in [-0.2, -0.15) is 4.31 Å². The first kappa shape index (κ1) is 23.3. The normalized spacial score (nSPS) is 18.6. The smallest absolute Gasteiger partial charge is 0.410 e. The maximum atomic E-state index is 13.8. The van der Waals surface area contributed by atoms with Crippen molar-refractivity contribution in [1.82, 2.24) is 14.2 Å². The molecule has 0 unspecified atom stereocenters. The van der Waals surface area contributed by atoms with Gasteiger partial charge in [-0.3, -0.25) is 0 Å². The van der Waals surface area contributed by atoms with Crippen molar-refractivity contribution in [2.24, 2.45) is 0 Å². The van der Waals surface area contributed by atoms with Crippen LogP contribution in [-0.2, 0) is 14.8 Å². The first-order valence-corrected chi connectivity index (χ1v) is 11.9.